The lowest BCUT2D eigenvalue weighted by Crippen LogP contribution is -2.38. The largest absolute Gasteiger partial charge is 0.361 e. The van der Waals surface area contributed by atoms with Crippen LogP contribution < -0.4 is 5.32 Å². The third-order valence-electron chi connectivity index (χ3n) is 5.86. The normalized spacial score (nSPS) is 14.6. The molecule has 1 aliphatic heterocycles. The second kappa shape index (κ2) is 8.30. The van der Waals surface area contributed by atoms with E-state index in [9.17, 15) is 9.59 Å². The molecule has 1 fully saturated rings. The molecule has 162 valence electrons. The summed E-state index contributed by atoms with van der Waals surface area (Å²) in [7, 11) is 0. The number of hydrogen-bond acceptors (Lipinski definition) is 5. The number of H-pyrrole nitrogens is 1. The number of amides is 2. The molecule has 0 atom stereocenters. The van der Waals surface area contributed by atoms with Gasteiger partial charge in [-0.2, -0.15) is 4.98 Å². The van der Waals surface area contributed by atoms with Gasteiger partial charge in [0.2, 0.25) is 17.6 Å². The number of carbonyl (C=O) groups is 2. The smallest absolute Gasteiger partial charge is 0.254 e. The third kappa shape index (κ3) is 3.87. The van der Waals surface area contributed by atoms with Gasteiger partial charge in [0.25, 0.3) is 5.91 Å². The van der Waals surface area contributed by atoms with Gasteiger partial charge in [0, 0.05) is 59.8 Å². The Labute approximate surface area is 184 Å². The maximum Gasteiger partial charge on any atom is 0.254 e. The van der Waals surface area contributed by atoms with Gasteiger partial charge < -0.3 is 19.7 Å². The number of fused-ring (bicyclic) bond motifs is 1. The molecule has 5 rings (SSSR count). The Balaban J connectivity index is 1.24. The van der Waals surface area contributed by atoms with Crippen molar-refractivity contribution >= 4 is 28.4 Å². The van der Waals surface area contributed by atoms with E-state index in [-0.39, 0.29) is 17.7 Å². The number of rotatable bonds is 4. The van der Waals surface area contributed by atoms with Crippen molar-refractivity contribution < 1.29 is 14.1 Å². The molecular formula is C24H23N5O3. The van der Waals surface area contributed by atoms with E-state index < -0.39 is 0 Å². The lowest BCUT2D eigenvalue weighted by Gasteiger charge is -2.30. The minimum Gasteiger partial charge on any atom is -0.361 e. The summed E-state index contributed by atoms with van der Waals surface area (Å²) in [5, 5.41) is 7.81. The molecule has 8 heteroatoms. The van der Waals surface area contributed by atoms with Gasteiger partial charge in [0.1, 0.15) is 0 Å². The fourth-order valence-corrected chi connectivity index (χ4v) is 4.20. The van der Waals surface area contributed by atoms with Gasteiger partial charge in [0.15, 0.2) is 0 Å². The van der Waals surface area contributed by atoms with Crippen LogP contribution in [-0.2, 0) is 4.79 Å². The summed E-state index contributed by atoms with van der Waals surface area (Å²) < 4.78 is 5.54. The maximum atomic E-state index is 13.1. The van der Waals surface area contributed by atoms with E-state index >= 15 is 0 Å². The summed E-state index contributed by atoms with van der Waals surface area (Å²) in [6.45, 7) is 2.76. The summed E-state index contributed by atoms with van der Waals surface area (Å²) in [6, 6.07) is 15.0. The summed E-state index contributed by atoms with van der Waals surface area (Å²) >= 11 is 0. The number of aromatic nitrogens is 3. The number of nitrogens with zero attached hydrogens (tertiary/aromatic N) is 3. The first-order chi connectivity index (χ1) is 15.6. The van der Waals surface area contributed by atoms with Gasteiger partial charge in [-0.25, -0.2) is 0 Å². The van der Waals surface area contributed by atoms with Crippen LogP contribution in [-0.4, -0.2) is 44.9 Å². The van der Waals surface area contributed by atoms with Crippen molar-refractivity contribution in [1.82, 2.24) is 20.0 Å². The molecule has 0 radical (unpaired) electrons. The quantitative estimate of drug-likeness (QED) is 0.506. The molecule has 2 aromatic heterocycles. The zero-order valence-electron chi connectivity index (χ0n) is 17.7. The van der Waals surface area contributed by atoms with E-state index in [1.54, 1.807) is 0 Å². The zero-order chi connectivity index (χ0) is 22.1. The first-order valence-electron chi connectivity index (χ1n) is 10.7. The first kappa shape index (κ1) is 20.0. The lowest BCUT2D eigenvalue weighted by atomic mass is 9.96. The van der Waals surface area contributed by atoms with Crippen molar-refractivity contribution in [3.63, 3.8) is 0 Å². The highest BCUT2D eigenvalue weighted by Crippen LogP contribution is 2.30. The molecule has 0 spiro atoms. The van der Waals surface area contributed by atoms with Crippen molar-refractivity contribution in [1.29, 1.82) is 0 Å². The Hall–Kier alpha value is -3.94. The van der Waals surface area contributed by atoms with Crippen molar-refractivity contribution in [3.05, 3.63) is 66.2 Å². The molecule has 3 heterocycles. The minimum absolute atomic E-state index is 0.0547. The summed E-state index contributed by atoms with van der Waals surface area (Å²) in [4.78, 5) is 33.9. The lowest BCUT2D eigenvalue weighted by molar-refractivity contribution is -0.114. The average molecular weight is 429 g/mol. The Kier molecular flexibility index (Phi) is 5.18. The number of aromatic amines is 1. The summed E-state index contributed by atoms with van der Waals surface area (Å²) in [6.07, 6.45) is 3.41. The molecule has 2 amide bonds. The van der Waals surface area contributed by atoms with Crippen molar-refractivity contribution in [2.24, 2.45) is 0 Å². The van der Waals surface area contributed by atoms with Gasteiger partial charge in [-0.15, -0.1) is 0 Å². The van der Waals surface area contributed by atoms with Crippen LogP contribution in [0.1, 0.15) is 41.9 Å². The van der Waals surface area contributed by atoms with Crippen LogP contribution in [0, 0.1) is 0 Å². The zero-order valence-corrected chi connectivity index (χ0v) is 17.7. The third-order valence-corrected chi connectivity index (χ3v) is 5.86. The second-order valence-corrected chi connectivity index (χ2v) is 8.03. The molecule has 4 aromatic rings. The van der Waals surface area contributed by atoms with Crippen molar-refractivity contribution in [2.75, 3.05) is 18.4 Å². The number of hydrogen-bond donors (Lipinski definition) is 2. The van der Waals surface area contributed by atoms with Gasteiger partial charge in [0.05, 0.1) is 0 Å². The van der Waals surface area contributed by atoms with Gasteiger partial charge in [-0.3, -0.25) is 9.59 Å². The second-order valence-electron chi connectivity index (χ2n) is 8.03. The molecule has 0 bridgehead atoms. The molecule has 2 N–H and O–H groups in total. The van der Waals surface area contributed by atoms with Crippen LogP contribution in [0.2, 0.25) is 0 Å². The van der Waals surface area contributed by atoms with Crippen LogP contribution in [0.5, 0.6) is 0 Å². The molecule has 1 aliphatic rings. The van der Waals surface area contributed by atoms with Gasteiger partial charge >= 0.3 is 0 Å². The standard InChI is InChI=1S/C24H23N5O3/c1-15(30)26-18-7-5-16(6-8-18)22-27-23(32-28-22)17-10-13-29(14-11-17)24(31)20-3-2-4-21-19(20)9-12-25-21/h2-9,12,17,25H,10-11,13-14H2,1H3,(H,26,30). The van der Waals surface area contributed by atoms with Crippen LogP contribution in [0.3, 0.4) is 0 Å². The van der Waals surface area contributed by atoms with Crippen molar-refractivity contribution in [3.8, 4) is 11.4 Å². The molecule has 0 unspecified atom stereocenters. The highest BCUT2D eigenvalue weighted by molar-refractivity contribution is 6.06. The molecule has 2 aromatic carbocycles. The number of nitrogens with one attached hydrogen (secondary N) is 2. The molecule has 0 saturated carbocycles. The summed E-state index contributed by atoms with van der Waals surface area (Å²) in [5.74, 6) is 1.19. The van der Waals surface area contributed by atoms with E-state index in [0.29, 0.717) is 24.8 Å². The number of benzene rings is 2. The predicted molar refractivity (Wildman–Crippen MR) is 120 cm³/mol. The average Bonchev–Trinajstić information content (AvgIpc) is 3.49. The first-order valence-corrected chi connectivity index (χ1v) is 10.7. The fraction of sp³-hybridized carbons (Fsp3) is 0.250. The fourth-order valence-electron chi connectivity index (χ4n) is 4.20. The SMILES string of the molecule is CC(=O)Nc1ccc(-c2noc(C3CCN(C(=O)c4cccc5[nH]ccc45)CC3)n2)cc1. The maximum absolute atomic E-state index is 13.1. The van der Waals surface area contributed by atoms with Crippen molar-refractivity contribution in [2.45, 2.75) is 25.7 Å². The van der Waals surface area contributed by atoms with Crippen LogP contribution in [0.15, 0.2) is 59.3 Å². The molecule has 1 saturated heterocycles. The number of piperidine rings is 1. The Morgan fingerprint density at radius 3 is 2.62 bits per heavy atom. The highest BCUT2D eigenvalue weighted by atomic mass is 16.5. The number of likely N-dealkylation sites (tertiary alicyclic amines) is 1. The Bertz CT molecular complexity index is 1270. The summed E-state index contributed by atoms with van der Waals surface area (Å²) in [5.41, 5.74) is 3.23. The Morgan fingerprint density at radius 2 is 1.88 bits per heavy atom. The van der Waals surface area contributed by atoms with Crippen LogP contribution >= 0.6 is 0 Å². The highest BCUT2D eigenvalue weighted by Gasteiger charge is 2.28. The van der Waals surface area contributed by atoms with Gasteiger partial charge in [-0.1, -0.05) is 11.2 Å². The van der Waals surface area contributed by atoms with Crippen LogP contribution in [0.4, 0.5) is 5.69 Å². The molecule has 32 heavy (non-hydrogen) atoms. The van der Waals surface area contributed by atoms with Crippen LogP contribution in [0.25, 0.3) is 22.3 Å². The molecule has 0 aliphatic carbocycles. The predicted octanol–water partition coefficient (Wildman–Crippen LogP) is 4.20. The minimum atomic E-state index is -0.116. The van der Waals surface area contributed by atoms with E-state index in [4.69, 9.17) is 4.52 Å². The monoisotopic (exact) mass is 429 g/mol. The molecular weight excluding hydrogens is 406 g/mol. The van der Waals surface area contributed by atoms with E-state index in [2.05, 4.69) is 20.4 Å². The molecule has 8 nitrogen and oxygen atoms in total. The topological polar surface area (TPSA) is 104 Å². The number of anilines is 1. The van der Waals surface area contributed by atoms with E-state index in [0.717, 1.165) is 40.6 Å². The van der Waals surface area contributed by atoms with E-state index in [1.807, 2.05) is 59.6 Å². The Morgan fingerprint density at radius 1 is 1.09 bits per heavy atom. The number of carbonyl (C=O) groups excluding carboxylic acids is 2. The van der Waals surface area contributed by atoms with Gasteiger partial charge in [-0.05, 0) is 55.3 Å². The van der Waals surface area contributed by atoms with E-state index in [1.165, 1.54) is 6.92 Å².